The quantitative estimate of drug-likeness (QED) is 0.867. The van der Waals surface area contributed by atoms with Gasteiger partial charge < -0.3 is 9.47 Å². The molecule has 0 radical (unpaired) electrons. The molecule has 0 bridgehead atoms. The number of nitrogens with one attached hydrogen (secondary N) is 1. The van der Waals surface area contributed by atoms with Crippen LogP contribution < -0.4 is 5.32 Å². The SMILES string of the molecule is COC(=O)[C@@H]1N[C@H](c2ccccc2)C(C(=O)OC(C)(C)C)C1C. The molecule has 1 aliphatic rings. The molecule has 1 fully saturated rings. The molecule has 0 amide bonds. The summed E-state index contributed by atoms with van der Waals surface area (Å²) in [4.78, 5) is 24.7. The molecule has 1 aromatic rings. The highest BCUT2D eigenvalue weighted by Crippen LogP contribution is 2.39. The number of esters is 2. The fourth-order valence-electron chi connectivity index (χ4n) is 3.05. The van der Waals surface area contributed by atoms with Gasteiger partial charge in [0.1, 0.15) is 11.6 Å². The van der Waals surface area contributed by atoms with Crippen LogP contribution in [0.3, 0.4) is 0 Å². The zero-order chi connectivity index (χ0) is 17.2. The van der Waals surface area contributed by atoms with Crippen molar-refractivity contribution >= 4 is 11.9 Å². The van der Waals surface area contributed by atoms with Gasteiger partial charge >= 0.3 is 11.9 Å². The number of hydrogen-bond donors (Lipinski definition) is 1. The van der Waals surface area contributed by atoms with E-state index < -0.39 is 17.6 Å². The second-order valence-corrected chi connectivity index (χ2v) is 6.97. The van der Waals surface area contributed by atoms with E-state index in [-0.39, 0.29) is 23.9 Å². The Hall–Kier alpha value is -1.88. The van der Waals surface area contributed by atoms with E-state index in [0.717, 1.165) is 5.56 Å². The van der Waals surface area contributed by atoms with Crippen molar-refractivity contribution in [2.24, 2.45) is 11.8 Å². The lowest BCUT2D eigenvalue weighted by atomic mass is 9.85. The Morgan fingerprint density at radius 2 is 1.70 bits per heavy atom. The first-order valence-corrected chi connectivity index (χ1v) is 7.86. The van der Waals surface area contributed by atoms with Gasteiger partial charge in [0.2, 0.25) is 0 Å². The minimum atomic E-state index is -0.568. The third-order valence-corrected chi connectivity index (χ3v) is 4.10. The summed E-state index contributed by atoms with van der Waals surface area (Å²) in [6.07, 6.45) is 0. The smallest absolute Gasteiger partial charge is 0.323 e. The Morgan fingerprint density at radius 3 is 2.22 bits per heavy atom. The second-order valence-electron chi connectivity index (χ2n) is 6.97. The van der Waals surface area contributed by atoms with Crippen molar-refractivity contribution in [3.63, 3.8) is 0 Å². The van der Waals surface area contributed by atoms with Crippen molar-refractivity contribution in [1.82, 2.24) is 5.32 Å². The number of rotatable bonds is 3. The lowest BCUT2D eigenvalue weighted by Crippen LogP contribution is -2.37. The fraction of sp³-hybridized carbons (Fsp3) is 0.556. The van der Waals surface area contributed by atoms with Gasteiger partial charge in [0, 0.05) is 6.04 Å². The van der Waals surface area contributed by atoms with Crippen molar-refractivity contribution in [1.29, 1.82) is 0 Å². The topological polar surface area (TPSA) is 64.6 Å². The first-order valence-electron chi connectivity index (χ1n) is 7.86. The van der Waals surface area contributed by atoms with E-state index in [9.17, 15) is 9.59 Å². The van der Waals surface area contributed by atoms with Crippen molar-refractivity contribution in [3.8, 4) is 0 Å². The van der Waals surface area contributed by atoms with E-state index in [2.05, 4.69) is 5.32 Å². The van der Waals surface area contributed by atoms with Gasteiger partial charge in [-0.1, -0.05) is 37.3 Å². The van der Waals surface area contributed by atoms with Gasteiger partial charge in [-0.15, -0.1) is 0 Å². The number of benzene rings is 1. The van der Waals surface area contributed by atoms with Gasteiger partial charge in [0.15, 0.2) is 0 Å². The Morgan fingerprint density at radius 1 is 1.09 bits per heavy atom. The van der Waals surface area contributed by atoms with E-state index in [4.69, 9.17) is 9.47 Å². The minimum Gasteiger partial charge on any atom is -0.468 e. The zero-order valence-corrected chi connectivity index (χ0v) is 14.3. The molecule has 126 valence electrons. The van der Waals surface area contributed by atoms with Crippen LogP contribution in [-0.4, -0.2) is 30.7 Å². The van der Waals surface area contributed by atoms with Crippen molar-refractivity contribution in [2.45, 2.75) is 45.4 Å². The summed E-state index contributed by atoms with van der Waals surface area (Å²) >= 11 is 0. The van der Waals surface area contributed by atoms with Crippen LogP contribution in [0.15, 0.2) is 30.3 Å². The summed E-state index contributed by atoms with van der Waals surface area (Å²) in [7, 11) is 1.36. The van der Waals surface area contributed by atoms with Crippen LogP contribution in [0.5, 0.6) is 0 Å². The summed E-state index contributed by atoms with van der Waals surface area (Å²) in [6.45, 7) is 7.40. The largest absolute Gasteiger partial charge is 0.468 e. The lowest BCUT2D eigenvalue weighted by Gasteiger charge is -2.26. The normalized spacial score (nSPS) is 27.5. The second kappa shape index (κ2) is 6.71. The van der Waals surface area contributed by atoms with Crippen molar-refractivity contribution in [3.05, 3.63) is 35.9 Å². The molecular formula is C18H25NO4. The third-order valence-electron chi connectivity index (χ3n) is 4.10. The molecular weight excluding hydrogens is 294 g/mol. The number of ether oxygens (including phenoxy) is 2. The van der Waals surface area contributed by atoms with Crippen molar-refractivity contribution in [2.75, 3.05) is 7.11 Å². The lowest BCUT2D eigenvalue weighted by molar-refractivity contribution is -0.162. The predicted octanol–water partition coefficient (Wildman–Crippen LogP) is 2.47. The minimum absolute atomic E-state index is 0.220. The molecule has 5 nitrogen and oxygen atoms in total. The maximum Gasteiger partial charge on any atom is 0.323 e. The van der Waals surface area contributed by atoms with Crippen LogP contribution >= 0.6 is 0 Å². The monoisotopic (exact) mass is 319 g/mol. The van der Waals surface area contributed by atoms with E-state index in [0.29, 0.717) is 0 Å². The van der Waals surface area contributed by atoms with Gasteiger partial charge in [0.25, 0.3) is 0 Å². The third kappa shape index (κ3) is 3.91. The highest BCUT2D eigenvalue weighted by molar-refractivity contribution is 5.81. The summed E-state index contributed by atoms with van der Waals surface area (Å²) in [5, 5.41) is 3.25. The summed E-state index contributed by atoms with van der Waals surface area (Å²) in [5.74, 6) is -1.31. The average molecular weight is 319 g/mol. The molecule has 0 aromatic heterocycles. The number of carbonyl (C=O) groups excluding carboxylic acids is 2. The van der Waals surface area contributed by atoms with E-state index in [1.807, 2.05) is 58.0 Å². The van der Waals surface area contributed by atoms with Gasteiger partial charge in [0.05, 0.1) is 13.0 Å². The first-order chi connectivity index (χ1) is 10.7. The van der Waals surface area contributed by atoms with Crippen LogP contribution in [-0.2, 0) is 19.1 Å². The average Bonchev–Trinajstić information content (AvgIpc) is 2.83. The van der Waals surface area contributed by atoms with Crippen LogP contribution in [0.25, 0.3) is 0 Å². The maximum atomic E-state index is 12.7. The molecule has 2 rings (SSSR count). The molecule has 4 atom stereocenters. The summed E-state index contributed by atoms with van der Waals surface area (Å²) in [5.41, 5.74) is 0.392. The molecule has 23 heavy (non-hydrogen) atoms. The first kappa shape index (κ1) is 17.5. The highest BCUT2D eigenvalue weighted by atomic mass is 16.6. The van der Waals surface area contributed by atoms with Gasteiger partial charge in [-0.2, -0.15) is 0 Å². The molecule has 1 saturated heterocycles. The van der Waals surface area contributed by atoms with Crippen LogP contribution in [0.2, 0.25) is 0 Å². The van der Waals surface area contributed by atoms with Gasteiger partial charge in [-0.05, 0) is 32.3 Å². The van der Waals surface area contributed by atoms with Gasteiger partial charge in [-0.3, -0.25) is 14.9 Å². The Balaban J connectivity index is 2.33. The molecule has 0 spiro atoms. The molecule has 1 aliphatic heterocycles. The van der Waals surface area contributed by atoms with E-state index in [1.165, 1.54) is 7.11 Å². The molecule has 1 aromatic carbocycles. The molecule has 0 aliphatic carbocycles. The number of hydrogen-bond acceptors (Lipinski definition) is 5. The molecule has 1 heterocycles. The Bertz CT molecular complexity index is 564. The Kier molecular flexibility index (Phi) is 5.09. The molecule has 5 heteroatoms. The summed E-state index contributed by atoms with van der Waals surface area (Å²) < 4.78 is 10.4. The fourth-order valence-corrected chi connectivity index (χ4v) is 3.05. The standard InChI is InChI=1S/C18H25NO4/c1-11-13(16(20)23-18(2,3)4)15(12-9-7-6-8-10-12)19-14(11)17(21)22-5/h6-11,13-15,19H,1-5H3/t11?,13?,14-,15-/m1/s1. The van der Waals surface area contributed by atoms with Crippen LogP contribution in [0.4, 0.5) is 0 Å². The van der Waals surface area contributed by atoms with E-state index in [1.54, 1.807) is 0 Å². The van der Waals surface area contributed by atoms with Crippen molar-refractivity contribution < 1.29 is 19.1 Å². The Labute approximate surface area is 137 Å². The van der Waals surface area contributed by atoms with Gasteiger partial charge in [-0.25, -0.2) is 0 Å². The molecule has 1 N–H and O–H groups in total. The number of methoxy groups -OCH3 is 1. The zero-order valence-electron chi connectivity index (χ0n) is 14.3. The molecule has 2 unspecified atom stereocenters. The summed E-state index contributed by atoms with van der Waals surface area (Å²) in [6, 6.07) is 8.84. The molecule has 0 saturated carbocycles. The number of carbonyl (C=O) groups is 2. The van der Waals surface area contributed by atoms with E-state index >= 15 is 0 Å². The maximum absolute atomic E-state index is 12.7. The highest BCUT2D eigenvalue weighted by Gasteiger charge is 2.49. The predicted molar refractivity (Wildman–Crippen MR) is 86.6 cm³/mol. The van der Waals surface area contributed by atoms with Crippen LogP contribution in [0.1, 0.15) is 39.3 Å². The van der Waals surface area contributed by atoms with Crippen LogP contribution in [0, 0.1) is 11.8 Å².